The van der Waals surface area contributed by atoms with Crippen LogP contribution in [-0.2, 0) is 4.79 Å². The Kier molecular flexibility index (Phi) is 5.80. The Morgan fingerprint density at radius 1 is 1.23 bits per heavy atom. The number of aromatic nitrogens is 2. The molecule has 0 saturated carbocycles. The Hall–Kier alpha value is -2.51. The minimum atomic E-state index is -0.431. The molecule has 3 rings (SSSR count). The van der Waals surface area contributed by atoms with E-state index >= 15 is 0 Å². The molecule has 0 aliphatic rings. The molecule has 1 heterocycles. The van der Waals surface area contributed by atoms with Crippen LogP contribution in [-0.4, -0.2) is 28.5 Å². The highest BCUT2D eigenvalue weighted by Gasteiger charge is 2.19. The van der Waals surface area contributed by atoms with Crippen molar-refractivity contribution in [2.75, 3.05) is 12.4 Å². The van der Waals surface area contributed by atoms with Crippen LogP contribution in [0.5, 0.6) is 5.75 Å². The number of carbonyl (C=O) groups is 1. The number of halogens is 1. The lowest BCUT2D eigenvalue weighted by atomic mass is 10.2. The number of carbonyl (C=O) groups excluding carboxylic acids is 1. The fourth-order valence-electron chi connectivity index (χ4n) is 2.15. The van der Waals surface area contributed by atoms with Gasteiger partial charge in [-0.15, -0.1) is 10.2 Å². The van der Waals surface area contributed by atoms with Gasteiger partial charge < -0.3 is 14.5 Å². The predicted octanol–water partition coefficient (Wildman–Crippen LogP) is 4.52. The quantitative estimate of drug-likeness (QED) is 0.624. The second kappa shape index (κ2) is 8.25. The summed E-state index contributed by atoms with van der Waals surface area (Å²) < 4.78 is 10.7. The zero-order valence-corrected chi connectivity index (χ0v) is 15.7. The largest absolute Gasteiger partial charge is 0.495 e. The summed E-state index contributed by atoms with van der Waals surface area (Å²) in [6.45, 7) is 1.76. The maximum Gasteiger partial charge on any atom is 0.277 e. The Balaban J connectivity index is 1.63. The van der Waals surface area contributed by atoms with E-state index in [9.17, 15) is 4.79 Å². The van der Waals surface area contributed by atoms with Gasteiger partial charge >= 0.3 is 0 Å². The van der Waals surface area contributed by atoms with Gasteiger partial charge in [0.05, 0.1) is 17.4 Å². The molecule has 3 aromatic rings. The van der Waals surface area contributed by atoms with Gasteiger partial charge in [-0.2, -0.15) is 0 Å². The zero-order valence-electron chi connectivity index (χ0n) is 14.1. The minimum Gasteiger partial charge on any atom is -0.495 e. The molecule has 0 bridgehead atoms. The first-order chi connectivity index (χ1) is 12.6. The zero-order chi connectivity index (χ0) is 18.5. The standard InChI is InChI=1S/C18H16ClN3O3S/c1-11(16(23)20-13-8-9-15(24-2)14(19)10-13)26-18-22-21-17(25-18)12-6-4-3-5-7-12/h3-11H,1-2H3,(H,20,23)/t11-/m0/s1. The molecule has 6 nitrogen and oxygen atoms in total. The van der Waals surface area contributed by atoms with Crippen molar-refractivity contribution in [3.63, 3.8) is 0 Å². The number of benzene rings is 2. The van der Waals surface area contributed by atoms with Crippen molar-refractivity contribution in [1.29, 1.82) is 0 Å². The van der Waals surface area contributed by atoms with Crippen LogP contribution in [0.15, 0.2) is 58.2 Å². The van der Waals surface area contributed by atoms with Crippen LogP contribution < -0.4 is 10.1 Å². The summed E-state index contributed by atoms with van der Waals surface area (Å²) in [5.41, 5.74) is 1.42. The minimum absolute atomic E-state index is 0.198. The summed E-state index contributed by atoms with van der Waals surface area (Å²) in [5, 5.41) is 11.1. The lowest BCUT2D eigenvalue weighted by molar-refractivity contribution is -0.115. The van der Waals surface area contributed by atoms with Crippen LogP contribution in [0.3, 0.4) is 0 Å². The molecule has 1 aromatic heterocycles. The smallest absolute Gasteiger partial charge is 0.277 e. The van der Waals surface area contributed by atoms with Crippen LogP contribution in [0.4, 0.5) is 5.69 Å². The van der Waals surface area contributed by atoms with E-state index in [1.54, 1.807) is 25.1 Å². The van der Waals surface area contributed by atoms with E-state index < -0.39 is 5.25 Å². The molecule has 26 heavy (non-hydrogen) atoms. The van der Waals surface area contributed by atoms with Crippen molar-refractivity contribution < 1.29 is 13.9 Å². The number of anilines is 1. The second-order valence-corrected chi connectivity index (χ2v) is 7.04. The Morgan fingerprint density at radius 3 is 2.69 bits per heavy atom. The Bertz CT molecular complexity index is 902. The highest BCUT2D eigenvalue weighted by Crippen LogP contribution is 2.29. The van der Waals surface area contributed by atoms with E-state index in [2.05, 4.69) is 15.5 Å². The van der Waals surface area contributed by atoms with Crippen LogP contribution >= 0.6 is 23.4 Å². The third-order valence-electron chi connectivity index (χ3n) is 3.49. The number of hydrogen-bond donors (Lipinski definition) is 1. The summed E-state index contributed by atoms with van der Waals surface area (Å²) in [4.78, 5) is 12.4. The van der Waals surface area contributed by atoms with Gasteiger partial charge in [0.15, 0.2) is 0 Å². The number of thioether (sulfide) groups is 1. The van der Waals surface area contributed by atoms with Gasteiger partial charge in [-0.1, -0.05) is 41.6 Å². The SMILES string of the molecule is COc1ccc(NC(=O)[C@H](C)Sc2nnc(-c3ccccc3)o2)cc1Cl. The monoisotopic (exact) mass is 389 g/mol. The van der Waals surface area contributed by atoms with Crippen molar-refractivity contribution in [3.8, 4) is 17.2 Å². The average molecular weight is 390 g/mol. The molecule has 134 valence electrons. The topological polar surface area (TPSA) is 77.2 Å². The first-order valence-corrected chi connectivity index (χ1v) is 9.02. The molecule has 1 N–H and O–H groups in total. The summed E-state index contributed by atoms with van der Waals surface area (Å²) in [6, 6.07) is 14.5. The molecule has 0 radical (unpaired) electrons. The molecule has 0 saturated heterocycles. The van der Waals surface area contributed by atoms with Gasteiger partial charge in [-0.05, 0) is 37.3 Å². The Morgan fingerprint density at radius 2 is 2.00 bits per heavy atom. The molecule has 1 atom stereocenters. The molecule has 0 fully saturated rings. The van der Waals surface area contributed by atoms with Crippen molar-refractivity contribution in [2.45, 2.75) is 17.4 Å². The van der Waals surface area contributed by atoms with Gasteiger partial charge in [0.2, 0.25) is 11.8 Å². The number of amides is 1. The predicted molar refractivity (Wildman–Crippen MR) is 102 cm³/mol. The molecular formula is C18H16ClN3O3S. The third-order valence-corrected chi connectivity index (χ3v) is 4.72. The number of hydrogen-bond acceptors (Lipinski definition) is 6. The second-order valence-electron chi connectivity index (χ2n) is 5.34. The Labute approximate surface area is 159 Å². The third kappa shape index (κ3) is 4.36. The van der Waals surface area contributed by atoms with Crippen LogP contribution in [0, 0.1) is 0 Å². The normalized spacial score (nSPS) is 11.8. The van der Waals surface area contributed by atoms with Gasteiger partial charge in [-0.25, -0.2) is 0 Å². The van der Waals surface area contributed by atoms with E-state index in [1.165, 1.54) is 18.9 Å². The molecule has 1 amide bonds. The molecule has 0 spiro atoms. The summed E-state index contributed by atoms with van der Waals surface area (Å²) >= 11 is 7.26. The van der Waals surface area contributed by atoms with Crippen LogP contribution in [0.1, 0.15) is 6.92 Å². The lowest BCUT2D eigenvalue weighted by Gasteiger charge is -2.11. The van der Waals surface area contributed by atoms with E-state index in [4.69, 9.17) is 20.8 Å². The highest BCUT2D eigenvalue weighted by atomic mass is 35.5. The number of methoxy groups -OCH3 is 1. The maximum atomic E-state index is 12.4. The first-order valence-electron chi connectivity index (χ1n) is 7.77. The van der Waals surface area contributed by atoms with E-state index in [0.717, 1.165) is 5.56 Å². The molecule has 0 aliphatic heterocycles. The van der Waals surface area contributed by atoms with Crippen molar-refractivity contribution in [3.05, 3.63) is 53.6 Å². The number of rotatable bonds is 6. The van der Waals surface area contributed by atoms with Crippen molar-refractivity contribution in [1.82, 2.24) is 10.2 Å². The molecule has 0 unspecified atom stereocenters. The number of nitrogens with one attached hydrogen (secondary N) is 1. The van der Waals surface area contributed by atoms with Gasteiger partial charge in [-0.3, -0.25) is 4.79 Å². The van der Waals surface area contributed by atoms with E-state index in [-0.39, 0.29) is 5.91 Å². The van der Waals surface area contributed by atoms with E-state index in [0.29, 0.717) is 27.6 Å². The fourth-order valence-corrected chi connectivity index (χ4v) is 3.09. The van der Waals surface area contributed by atoms with Gasteiger partial charge in [0.1, 0.15) is 5.75 Å². The van der Waals surface area contributed by atoms with Gasteiger partial charge in [0, 0.05) is 11.3 Å². The van der Waals surface area contributed by atoms with Crippen LogP contribution in [0.2, 0.25) is 5.02 Å². The van der Waals surface area contributed by atoms with Crippen LogP contribution in [0.25, 0.3) is 11.5 Å². The first kappa shape index (κ1) is 18.3. The molecular weight excluding hydrogens is 374 g/mol. The summed E-state index contributed by atoms with van der Waals surface area (Å²) in [6.07, 6.45) is 0. The molecule has 2 aromatic carbocycles. The highest BCUT2D eigenvalue weighted by molar-refractivity contribution is 8.00. The maximum absolute atomic E-state index is 12.4. The lowest BCUT2D eigenvalue weighted by Crippen LogP contribution is -2.22. The molecule has 8 heteroatoms. The summed E-state index contributed by atoms with van der Waals surface area (Å²) in [5.74, 6) is 0.768. The molecule has 0 aliphatic carbocycles. The number of nitrogens with zero attached hydrogens (tertiary/aromatic N) is 2. The van der Waals surface area contributed by atoms with Crippen molar-refractivity contribution >= 4 is 35.0 Å². The fraction of sp³-hybridized carbons (Fsp3) is 0.167. The van der Waals surface area contributed by atoms with E-state index in [1.807, 2.05) is 30.3 Å². The van der Waals surface area contributed by atoms with Gasteiger partial charge in [0.25, 0.3) is 5.22 Å². The van der Waals surface area contributed by atoms with Crippen molar-refractivity contribution in [2.24, 2.45) is 0 Å². The average Bonchev–Trinajstić information content (AvgIpc) is 3.11. The summed E-state index contributed by atoms with van der Waals surface area (Å²) in [7, 11) is 1.53. The number of ether oxygens (including phenoxy) is 1.